The molecule has 2 aromatic carbocycles. The zero-order valence-electron chi connectivity index (χ0n) is 15.6. The number of carbonyl (C=O) groups excluding carboxylic acids is 1. The van der Waals surface area contributed by atoms with E-state index >= 15 is 0 Å². The first-order chi connectivity index (χ1) is 14.8. The summed E-state index contributed by atoms with van der Waals surface area (Å²) in [5.41, 5.74) is 1.69. The second-order valence-electron chi connectivity index (χ2n) is 6.26. The Morgan fingerprint density at radius 1 is 1.03 bits per heavy atom. The number of nitrogens with one attached hydrogen (secondary N) is 2. The molecule has 2 heterocycles. The predicted octanol–water partition coefficient (Wildman–Crippen LogP) is 5.51. The van der Waals surface area contributed by atoms with Crippen molar-refractivity contribution in [3.05, 3.63) is 87.0 Å². The summed E-state index contributed by atoms with van der Waals surface area (Å²) in [5, 5.41) is 4.77. The summed E-state index contributed by atoms with van der Waals surface area (Å²) < 4.78 is 30.5. The van der Waals surface area contributed by atoms with Crippen LogP contribution in [0.5, 0.6) is 0 Å². The molecule has 4 rings (SSSR count). The van der Waals surface area contributed by atoms with E-state index in [1.165, 1.54) is 41.8 Å². The van der Waals surface area contributed by atoms with E-state index in [0.29, 0.717) is 16.0 Å². The van der Waals surface area contributed by atoms with Gasteiger partial charge < -0.3 is 5.32 Å². The van der Waals surface area contributed by atoms with Gasteiger partial charge in [-0.1, -0.05) is 18.2 Å². The van der Waals surface area contributed by atoms with Crippen molar-refractivity contribution in [3.63, 3.8) is 0 Å². The fraction of sp³-hybridized carbons (Fsp3) is 0. The van der Waals surface area contributed by atoms with Crippen LogP contribution >= 0.6 is 43.2 Å². The van der Waals surface area contributed by atoms with Crippen molar-refractivity contribution >= 4 is 69.9 Å². The van der Waals surface area contributed by atoms with Gasteiger partial charge in [-0.15, -0.1) is 11.3 Å². The van der Waals surface area contributed by atoms with Crippen LogP contribution in [0.3, 0.4) is 0 Å². The van der Waals surface area contributed by atoms with Crippen molar-refractivity contribution in [2.45, 2.75) is 4.90 Å². The minimum absolute atomic E-state index is 0.0684. The zero-order chi connectivity index (χ0) is 22.0. The number of thiazole rings is 1. The number of benzene rings is 2. The van der Waals surface area contributed by atoms with Crippen LogP contribution in [0.1, 0.15) is 10.5 Å². The number of halogens is 2. The van der Waals surface area contributed by atoms with E-state index in [9.17, 15) is 13.2 Å². The average molecular weight is 582 g/mol. The van der Waals surface area contributed by atoms with E-state index < -0.39 is 10.0 Å². The molecule has 0 radical (unpaired) electrons. The second kappa shape index (κ2) is 8.95. The van der Waals surface area contributed by atoms with Crippen LogP contribution < -0.4 is 10.0 Å². The smallest absolute Gasteiger partial charge is 0.272 e. The van der Waals surface area contributed by atoms with Gasteiger partial charge in [-0.25, -0.2) is 13.4 Å². The van der Waals surface area contributed by atoms with Crippen LogP contribution in [0.4, 0.5) is 10.8 Å². The highest BCUT2D eigenvalue weighted by atomic mass is 79.9. The molecule has 1 amide bonds. The Labute approximate surface area is 199 Å². The van der Waals surface area contributed by atoms with Crippen molar-refractivity contribution < 1.29 is 13.2 Å². The van der Waals surface area contributed by atoms with Gasteiger partial charge in [-0.05, 0) is 74.3 Å². The third-order valence-corrected chi connectivity index (χ3v) is 8.31. The van der Waals surface area contributed by atoms with E-state index in [4.69, 9.17) is 0 Å². The van der Waals surface area contributed by atoms with Gasteiger partial charge in [-0.2, -0.15) is 0 Å². The van der Waals surface area contributed by atoms with Crippen LogP contribution in [-0.4, -0.2) is 23.9 Å². The predicted molar refractivity (Wildman–Crippen MR) is 128 cm³/mol. The maximum atomic E-state index is 13.0. The molecular weight excluding hydrogens is 568 g/mol. The summed E-state index contributed by atoms with van der Waals surface area (Å²) in [7, 11) is -3.76. The van der Waals surface area contributed by atoms with Crippen LogP contribution in [0.25, 0.3) is 5.69 Å². The Balaban J connectivity index is 1.56. The van der Waals surface area contributed by atoms with E-state index in [1.807, 2.05) is 30.3 Å². The molecule has 0 aliphatic carbocycles. The molecule has 31 heavy (non-hydrogen) atoms. The number of aromatic nitrogens is 2. The van der Waals surface area contributed by atoms with Gasteiger partial charge in [0.2, 0.25) is 0 Å². The molecule has 0 aliphatic heterocycles. The lowest BCUT2D eigenvalue weighted by atomic mass is 10.3. The summed E-state index contributed by atoms with van der Waals surface area (Å²) in [6.07, 6.45) is 1.52. The lowest BCUT2D eigenvalue weighted by molar-refractivity contribution is 0.102. The standard InChI is InChI=1S/C20H14Br2N4O3S2/c21-16-12-17(26(18(16)22)14-4-2-1-3-5-14)19(27)24-13-6-8-15(9-7-13)31(28,29)25-20-23-10-11-30-20/h1-12H,(H,23,25)(H,24,27). The van der Waals surface area contributed by atoms with Gasteiger partial charge in [0.05, 0.1) is 9.37 Å². The molecule has 0 aliphatic rings. The first kappa shape index (κ1) is 21.8. The molecule has 0 saturated heterocycles. The number of carbonyl (C=O) groups is 1. The van der Waals surface area contributed by atoms with Crippen LogP contribution in [0.2, 0.25) is 0 Å². The molecule has 0 unspecified atom stereocenters. The number of hydrogen-bond donors (Lipinski definition) is 2. The first-order valence-electron chi connectivity index (χ1n) is 8.81. The van der Waals surface area contributed by atoms with E-state index in [0.717, 1.165) is 10.2 Å². The van der Waals surface area contributed by atoms with Gasteiger partial charge in [0.1, 0.15) is 10.3 Å². The van der Waals surface area contributed by atoms with Crippen LogP contribution in [0, 0.1) is 0 Å². The lowest BCUT2D eigenvalue weighted by Gasteiger charge is -2.12. The fourth-order valence-electron chi connectivity index (χ4n) is 2.81. The quantitative estimate of drug-likeness (QED) is 0.314. The summed E-state index contributed by atoms with van der Waals surface area (Å²) in [5.74, 6) is -0.341. The highest BCUT2D eigenvalue weighted by Gasteiger charge is 2.20. The first-order valence-corrected chi connectivity index (χ1v) is 12.8. The minimum atomic E-state index is -3.76. The van der Waals surface area contributed by atoms with Crippen molar-refractivity contribution in [2.24, 2.45) is 0 Å². The number of sulfonamides is 1. The Hall–Kier alpha value is -2.47. The summed E-state index contributed by atoms with van der Waals surface area (Å²) >= 11 is 8.14. The van der Waals surface area contributed by atoms with E-state index in [2.05, 4.69) is 46.9 Å². The summed E-state index contributed by atoms with van der Waals surface area (Å²) in [4.78, 5) is 16.9. The molecule has 0 atom stereocenters. The Bertz CT molecular complexity index is 1320. The molecule has 7 nitrogen and oxygen atoms in total. The highest BCUT2D eigenvalue weighted by molar-refractivity contribution is 9.13. The Kier molecular flexibility index (Phi) is 6.28. The van der Waals surface area contributed by atoms with E-state index in [-0.39, 0.29) is 15.9 Å². The molecule has 158 valence electrons. The van der Waals surface area contributed by atoms with Crippen molar-refractivity contribution in [1.82, 2.24) is 9.55 Å². The lowest BCUT2D eigenvalue weighted by Crippen LogP contribution is -2.17. The SMILES string of the molecule is O=C(Nc1ccc(S(=O)(=O)Nc2nccs2)cc1)c1cc(Br)c(Br)n1-c1ccccc1. The number of para-hydroxylation sites is 1. The molecular formula is C20H14Br2N4O3S2. The highest BCUT2D eigenvalue weighted by Crippen LogP contribution is 2.31. The average Bonchev–Trinajstić information content (AvgIpc) is 3.36. The van der Waals surface area contributed by atoms with Gasteiger partial charge in [-0.3, -0.25) is 14.1 Å². The maximum Gasteiger partial charge on any atom is 0.272 e. The molecule has 0 fully saturated rings. The van der Waals surface area contributed by atoms with Gasteiger partial charge in [0.15, 0.2) is 5.13 Å². The van der Waals surface area contributed by atoms with Crippen molar-refractivity contribution in [3.8, 4) is 5.69 Å². The third-order valence-electron chi connectivity index (χ3n) is 4.22. The van der Waals surface area contributed by atoms with E-state index in [1.54, 1.807) is 16.0 Å². The fourth-order valence-corrected chi connectivity index (χ4v) is 5.51. The van der Waals surface area contributed by atoms with Gasteiger partial charge >= 0.3 is 0 Å². The molecule has 0 spiro atoms. The largest absolute Gasteiger partial charge is 0.321 e. The number of hydrogen-bond acceptors (Lipinski definition) is 5. The maximum absolute atomic E-state index is 13.0. The topological polar surface area (TPSA) is 93.1 Å². The van der Waals surface area contributed by atoms with Gasteiger partial charge in [0.25, 0.3) is 15.9 Å². The third kappa shape index (κ3) is 4.74. The minimum Gasteiger partial charge on any atom is -0.321 e. The molecule has 0 saturated carbocycles. The number of anilines is 2. The Morgan fingerprint density at radius 3 is 2.39 bits per heavy atom. The van der Waals surface area contributed by atoms with Gasteiger partial charge in [0, 0.05) is 23.0 Å². The second-order valence-corrected chi connectivity index (χ2v) is 10.4. The van der Waals surface area contributed by atoms with Crippen molar-refractivity contribution in [2.75, 3.05) is 10.0 Å². The molecule has 0 bridgehead atoms. The summed E-state index contributed by atoms with van der Waals surface area (Å²) in [6, 6.07) is 17.1. The number of rotatable bonds is 6. The Morgan fingerprint density at radius 2 is 1.74 bits per heavy atom. The molecule has 11 heteroatoms. The summed E-state index contributed by atoms with van der Waals surface area (Å²) in [6.45, 7) is 0. The van der Waals surface area contributed by atoms with Crippen LogP contribution in [0.15, 0.2) is 86.2 Å². The molecule has 2 N–H and O–H groups in total. The number of amides is 1. The monoisotopic (exact) mass is 580 g/mol. The zero-order valence-corrected chi connectivity index (χ0v) is 20.4. The normalized spacial score (nSPS) is 11.3. The van der Waals surface area contributed by atoms with Crippen LogP contribution in [-0.2, 0) is 10.0 Å². The molecule has 2 aromatic heterocycles. The van der Waals surface area contributed by atoms with Crippen molar-refractivity contribution in [1.29, 1.82) is 0 Å². The molecule has 4 aromatic rings. The number of nitrogens with zero attached hydrogens (tertiary/aromatic N) is 2.